The standard InChI is InChI=1S/C21H31N5S/c1-13(2)17-18(25-21(6,7)11-20(3,4)5)24-19(27)26(17)14-8-9-15-16(10-14)23-12-22-15/h8-10,12-13,25H,11H2,1-7H3,(H,22,23)(H,24,27). The van der Waals surface area contributed by atoms with Crippen molar-refractivity contribution >= 4 is 29.1 Å². The molecule has 0 saturated heterocycles. The van der Waals surface area contributed by atoms with E-state index in [1.165, 1.54) is 5.69 Å². The van der Waals surface area contributed by atoms with Gasteiger partial charge in [-0.15, -0.1) is 0 Å². The van der Waals surface area contributed by atoms with Gasteiger partial charge < -0.3 is 15.3 Å². The smallest absolute Gasteiger partial charge is 0.183 e. The van der Waals surface area contributed by atoms with E-state index in [-0.39, 0.29) is 11.0 Å². The normalized spacial score (nSPS) is 12.9. The molecule has 0 atom stereocenters. The first-order chi connectivity index (χ1) is 12.5. The van der Waals surface area contributed by atoms with Gasteiger partial charge in [-0.25, -0.2) is 4.98 Å². The Hall–Kier alpha value is -2.08. The van der Waals surface area contributed by atoms with Gasteiger partial charge in [0.25, 0.3) is 0 Å². The van der Waals surface area contributed by atoms with Crippen LogP contribution in [0.25, 0.3) is 16.7 Å². The van der Waals surface area contributed by atoms with Crippen LogP contribution in [-0.4, -0.2) is 25.1 Å². The SMILES string of the molecule is CC(C)c1c(NC(C)(C)CC(C)(C)C)[nH]c(=S)n1-c1ccc2nc[nH]c2c1. The van der Waals surface area contributed by atoms with E-state index in [9.17, 15) is 0 Å². The lowest BCUT2D eigenvalue weighted by Crippen LogP contribution is -2.36. The Balaban J connectivity index is 2.07. The van der Waals surface area contributed by atoms with Crippen LogP contribution in [-0.2, 0) is 0 Å². The maximum absolute atomic E-state index is 5.70. The number of nitrogens with one attached hydrogen (secondary N) is 3. The minimum atomic E-state index is -0.0559. The highest BCUT2D eigenvalue weighted by Crippen LogP contribution is 2.34. The summed E-state index contributed by atoms with van der Waals surface area (Å²) in [5, 5.41) is 3.72. The van der Waals surface area contributed by atoms with Crippen LogP contribution in [0, 0.1) is 10.2 Å². The summed E-state index contributed by atoms with van der Waals surface area (Å²) in [7, 11) is 0. The zero-order valence-corrected chi connectivity index (χ0v) is 18.2. The lowest BCUT2D eigenvalue weighted by Gasteiger charge is -2.34. The molecule has 2 aromatic heterocycles. The van der Waals surface area contributed by atoms with E-state index in [1.54, 1.807) is 6.33 Å². The summed E-state index contributed by atoms with van der Waals surface area (Å²) in [4.78, 5) is 10.9. The van der Waals surface area contributed by atoms with Crippen molar-refractivity contribution in [2.75, 3.05) is 5.32 Å². The minimum Gasteiger partial charge on any atom is -0.365 e. The number of nitrogens with zero attached hydrogens (tertiary/aromatic N) is 2. The Bertz CT molecular complexity index is 998. The van der Waals surface area contributed by atoms with Gasteiger partial charge in [0.05, 0.1) is 28.7 Å². The van der Waals surface area contributed by atoms with E-state index in [0.29, 0.717) is 10.7 Å². The third-order valence-corrected chi connectivity index (χ3v) is 4.86. The average molecular weight is 386 g/mol. The maximum Gasteiger partial charge on any atom is 0.183 e. The molecule has 0 radical (unpaired) electrons. The van der Waals surface area contributed by atoms with Gasteiger partial charge >= 0.3 is 0 Å². The lowest BCUT2D eigenvalue weighted by atomic mass is 9.82. The van der Waals surface area contributed by atoms with Gasteiger partial charge in [-0.3, -0.25) is 4.57 Å². The van der Waals surface area contributed by atoms with E-state index in [4.69, 9.17) is 12.2 Å². The van der Waals surface area contributed by atoms with Crippen LogP contribution in [0.3, 0.4) is 0 Å². The monoisotopic (exact) mass is 385 g/mol. The highest BCUT2D eigenvalue weighted by molar-refractivity contribution is 7.71. The molecule has 0 aliphatic rings. The Kier molecular flexibility index (Phi) is 4.97. The van der Waals surface area contributed by atoms with Gasteiger partial charge in [0, 0.05) is 5.54 Å². The first-order valence-corrected chi connectivity index (χ1v) is 9.94. The Labute approximate surface area is 166 Å². The highest BCUT2D eigenvalue weighted by atomic mass is 32.1. The van der Waals surface area contributed by atoms with Gasteiger partial charge in [-0.05, 0) is 62.0 Å². The Morgan fingerprint density at radius 2 is 1.89 bits per heavy atom. The third-order valence-electron chi connectivity index (χ3n) is 4.58. The van der Waals surface area contributed by atoms with Crippen LogP contribution in [0.4, 0.5) is 5.82 Å². The lowest BCUT2D eigenvalue weighted by molar-refractivity contribution is 0.302. The van der Waals surface area contributed by atoms with Crippen LogP contribution < -0.4 is 5.32 Å². The van der Waals surface area contributed by atoms with Crippen LogP contribution in [0.15, 0.2) is 24.5 Å². The van der Waals surface area contributed by atoms with Gasteiger partial charge in [0.15, 0.2) is 4.77 Å². The molecule has 0 bridgehead atoms. The number of benzene rings is 1. The van der Waals surface area contributed by atoms with Gasteiger partial charge in [0.1, 0.15) is 5.82 Å². The molecule has 1 aromatic carbocycles. The van der Waals surface area contributed by atoms with Crippen LogP contribution in [0.5, 0.6) is 0 Å². The van der Waals surface area contributed by atoms with Crippen molar-refractivity contribution in [2.24, 2.45) is 5.41 Å². The van der Waals surface area contributed by atoms with Crippen molar-refractivity contribution in [1.82, 2.24) is 19.5 Å². The number of rotatable bonds is 5. The van der Waals surface area contributed by atoms with Crippen molar-refractivity contribution in [3.63, 3.8) is 0 Å². The first-order valence-electron chi connectivity index (χ1n) is 9.53. The second kappa shape index (κ2) is 6.82. The second-order valence-corrected chi connectivity index (χ2v) is 9.92. The number of imidazole rings is 2. The van der Waals surface area contributed by atoms with Crippen molar-refractivity contribution in [3.8, 4) is 5.69 Å². The number of H-pyrrole nitrogens is 2. The number of fused-ring (bicyclic) bond motifs is 1. The summed E-state index contributed by atoms with van der Waals surface area (Å²) in [6.45, 7) is 15.7. The number of anilines is 1. The number of hydrogen-bond donors (Lipinski definition) is 3. The molecule has 3 rings (SSSR count). The Morgan fingerprint density at radius 1 is 1.19 bits per heavy atom. The van der Waals surface area contributed by atoms with E-state index < -0.39 is 0 Å². The van der Waals surface area contributed by atoms with E-state index in [0.717, 1.165) is 29.0 Å². The van der Waals surface area contributed by atoms with Crippen molar-refractivity contribution in [2.45, 2.75) is 66.3 Å². The Morgan fingerprint density at radius 3 is 2.52 bits per heavy atom. The predicted molar refractivity (Wildman–Crippen MR) is 116 cm³/mol. The fraction of sp³-hybridized carbons (Fsp3) is 0.524. The first kappa shape index (κ1) is 19.7. The summed E-state index contributed by atoms with van der Waals surface area (Å²) < 4.78 is 2.84. The second-order valence-electron chi connectivity index (χ2n) is 9.53. The molecule has 3 aromatic rings. The molecule has 146 valence electrons. The maximum atomic E-state index is 5.70. The summed E-state index contributed by atoms with van der Waals surface area (Å²) in [5.74, 6) is 1.32. The van der Waals surface area contributed by atoms with Crippen LogP contribution in [0.1, 0.15) is 66.5 Å². The molecule has 0 fully saturated rings. The van der Waals surface area contributed by atoms with Gasteiger partial charge in [-0.2, -0.15) is 0 Å². The summed E-state index contributed by atoms with van der Waals surface area (Å²) in [6.07, 6.45) is 2.76. The molecule has 0 amide bonds. The van der Waals surface area contributed by atoms with Crippen LogP contribution >= 0.6 is 12.2 Å². The highest BCUT2D eigenvalue weighted by Gasteiger charge is 2.28. The fourth-order valence-corrected chi connectivity index (χ4v) is 4.42. The molecule has 2 heterocycles. The molecule has 0 aliphatic heterocycles. The van der Waals surface area contributed by atoms with Gasteiger partial charge in [0.2, 0.25) is 0 Å². The molecular weight excluding hydrogens is 354 g/mol. The van der Waals surface area contributed by atoms with Crippen LogP contribution in [0.2, 0.25) is 0 Å². The van der Waals surface area contributed by atoms with Gasteiger partial charge in [-0.1, -0.05) is 34.6 Å². The number of aromatic nitrogens is 4. The number of aromatic amines is 2. The fourth-order valence-electron chi connectivity index (χ4n) is 4.12. The van der Waals surface area contributed by atoms with Crippen molar-refractivity contribution in [1.29, 1.82) is 0 Å². The quantitative estimate of drug-likeness (QED) is 0.461. The minimum absolute atomic E-state index is 0.0559. The molecular formula is C21H31N5S. The van der Waals surface area contributed by atoms with E-state index in [2.05, 4.69) is 85.4 Å². The molecule has 0 saturated carbocycles. The molecule has 6 heteroatoms. The van der Waals surface area contributed by atoms with Crippen molar-refractivity contribution in [3.05, 3.63) is 35.0 Å². The predicted octanol–water partition coefficient (Wildman–Crippen LogP) is 6.16. The summed E-state index contributed by atoms with van der Waals surface area (Å²) >= 11 is 5.70. The topological polar surface area (TPSA) is 61.4 Å². The van der Waals surface area contributed by atoms with Crippen molar-refractivity contribution < 1.29 is 0 Å². The van der Waals surface area contributed by atoms with E-state index >= 15 is 0 Å². The molecule has 27 heavy (non-hydrogen) atoms. The zero-order chi connectivity index (χ0) is 20.0. The largest absolute Gasteiger partial charge is 0.365 e. The average Bonchev–Trinajstić information content (AvgIpc) is 3.07. The van der Waals surface area contributed by atoms with E-state index in [1.807, 2.05) is 6.07 Å². The molecule has 5 nitrogen and oxygen atoms in total. The molecule has 0 spiro atoms. The summed E-state index contributed by atoms with van der Waals surface area (Å²) in [6, 6.07) is 6.20. The third kappa shape index (κ3) is 4.26. The molecule has 3 N–H and O–H groups in total. The summed E-state index contributed by atoms with van der Waals surface area (Å²) in [5.41, 5.74) is 4.35. The number of hydrogen-bond acceptors (Lipinski definition) is 3. The molecule has 0 aliphatic carbocycles. The molecule has 0 unspecified atom stereocenters. The zero-order valence-electron chi connectivity index (χ0n) is 17.4.